The van der Waals surface area contributed by atoms with Crippen molar-refractivity contribution in [2.24, 2.45) is 4.99 Å². The third-order valence-corrected chi connectivity index (χ3v) is 2.01. The van der Waals surface area contributed by atoms with E-state index in [4.69, 9.17) is 4.74 Å². The number of guanidine groups is 1. The van der Waals surface area contributed by atoms with Crippen molar-refractivity contribution in [3.8, 4) is 0 Å². The lowest BCUT2D eigenvalue weighted by atomic mass is 10.3. The number of hydrogen-bond acceptors (Lipinski definition) is 2. The fourth-order valence-corrected chi connectivity index (χ4v) is 1.15. The van der Waals surface area contributed by atoms with E-state index in [0.29, 0.717) is 6.61 Å². The summed E-state index contributed by atoms with van der Waals surface area (Å²) in [5, 5.41) is 3.23. The summed E-state index contributed by atoms with van der Waals surface area (Å²) in [5.41, 5.74) is 0. The zero-order chi connectivity index (χ0) is 10.8. The van der Waals surface area contributed by atoms with E-state index in [9.17, 15) is 0 Å². The van der Waals surface area contributed by atoms with Crippen LogP contribution in [0, 0.1) is 0 Å². The molecule has 0 unspecified atom stereocenters. The topological polar surface area (TPSA) is 36.9 Å². The van der Waals surface area contributed by atoms with Gasteiger partial charge in [0.05, 0.1) is 6.61 Å². The summed E-state index contributed by atoms with van der Waals surface area (Å²) in [7, 11) is 5.56. The number of aliphatic imine (C=N–C) groups is 1. The van der Waals surface area contributed by atoms with Crippen LogP contribution in [0.25, 0.3) is 0 Å². The van der Waals surface area contributed by atoms with Crippen molar-refractivity contribution in [1.29, 1.82) is 0 Å². The molecule has 4 nitrogen and oxygen atoms in total. The summed E-state index contributed by atoms with van der Waals surface area (Å²) in [6, 6.07) is 0. The van der Waals surface area contributed by atoms with Crippen LogP contribution in [0.15, 0.2) is 4.99 Å². The summed E-state index contributed by atoms with van der Waals surface area (Å²) in [4.78, 5) is 6.33. The van der Waals surface area contributed by atoms with Gasteiger partial charge >= 0.3 is 0 Å². The molecule has 0 spiro atoms. The van der Waals surface area contributed by atoms with Crippen LogP contribution in [-0.2, 0) is 4.74 Å². The quantitative estimate of drug-likeness (QED) is 0.348. The molecule has 0 aliphatic carbocycles. The second kappa shape index (κ2) is 12.0. The number of ether oxygens (including phenoxy) is 1. The van der Waals surface area contributed by atoms with Gasteiger partial charge < -0.3 is 15.0 Å². The SMILES string of the molecule is CCCCN(C)C(=NC)NCCOC.I. The summed E-state index contributed by atoms with van der Waals surface area (Å²) in [6.07, 6.45) is 2.40. The summed E-state index contributed by atoms with van der Waals surface area (Å²) >= 11 is 0. The average molecular weight is 329 g/mol. The summed E-state index contributed by atoms with van der Waals surface area (Å²) in [5.74, 6) is 0.940. The molecular weight excluding hydrogens is 305 g/mol. The van der Waals surface area contributed by atoms with Gasteiger partial charge in [0.25, 0.3) is 0 Å². The molecule has 0 heterocycles. The van der Waals surface area contributed by atoms with Crippen molar-refractivity contribution >= 4 is 29.9 Å². The molecule has 92 valence electrons. The first kappa shape index (κ1) is 17.4. The Morgan fingerprint density at radius 2 is 2.13 bits per heavy atom. The van der Waals surface area contributed by atoms with E-state index in [0.717, 1.165) is 19.0 Å². The Bertz CT molecular complexity index is 165. The number of hydrogen-bond donors (Lipinski definition) is 1. The minimum Gasteiger partial charge on any atom is -0.383 e. The Morgan fingerprint density at radius 1 is 1.47 bits per heavy atom. The second-order valence-corrected chi connectivity index (χ2v) is 3.24. The van der Waals surface area contributed by atoms with E-state index in [1.807, 2.05) is 0 Å². The number of methoxy groups -OCH3 is 1. The van der Waals surface area contributed by atoms with E-state index in [-0.39, 0.29) is 24.0 Å². The van der Waals surface area contributed by atoms with Gasteiger partial charge in [-0.15, -0.1) is 24.0 Å². The highest BCUT2D eigenvalue weighted by Gasteiger charge is 2.03. The van der Waals surface area contributed by atoms with Gasteiger partial charge in [-0.05, 0) is 6.42 Å². The van der Waals surface area contributed by atoms with Crippen LogP contribution in [-0.4, -0.2) is 51.8 Å². The molecule has 0 aromatic rings. The molecule has 0 rings (SSSR count). The number of nitrogens with one attached hydrogen (secondary N) is 1. The molecule has 0 aromatic carbocycles. The number of halogens is 1. The van der Waals surface area contributed by atoms with Crippen molar-refractivity contribution in [2.75, 3.05) is 40.9 Å². The predicted molar refractivity (Wildman–Crippen MR) is 76.2 cm³/mol. The molecule has 0 fully saturated rings. The Labute approximate surface area is 110 Å². The van der Waals surface area contributed by atoms with Gasteiger partial charge in [0, 0.05) is 34.3 Å². The van der Waals surface area contributed by atoms with Crippen LogP contribution in [0.3, 0.4) is 0 Å². The first-order chi connectivity index (χ1) is 6.76. The Morgan fingerprint density at radius 3 is 2.60 bits per heavy atom. The van der Waals surface area contributed by atoms with Gasteiger partial charge in [-0.3, -0.25) is 4.99 Å². The van der Waals surface area contributed by atoms with E-state index < -0.39 is 0 Å². The predicted octanol–water partition coefficient (Wildman–Crippen LogP) is 1.56. The van der Waals surface area contributed by atoms with Gasteiger partial charge in [0.1, 0.15) is 0 Å². The molecule has 0 saturated heterocycles. The molecule has 0 saturated carbocycles. The molecule has 1 N–H and O–H groups in total. The number of nitrogens with zero attached hydrogens (tertiary/aromatic N) is 2. The summed E-state index contributed by atoms with van der Waals surface area (Å²) < 4.78 is 4.96. The van der Waals surface area contributed by atoms with Gasteiger partial charge in [0.2, 0.25) is 0 Å². The zero-order valence-electron chi connectivity index (χ0n) is 10.2. The largest absolute Gasteiger partial charge is 0.383 e. The minimum absolute atomic E-state index is 0. The van der Waals surface area contributed by atoms with Crippen molar-refractivity contribution < 1.29 is 4.74 Å². The fraction of sp³-hybridized carbons (Fsp3) is 0.900. The lowest BCUT2D eigenvalue weighted by molar-refractivity contribution is 0.203. The van der Waals surface area contributed by atoms with Gasteiger partial charge in [-0.1, -0.05) is 13.3 Å². The van der Waals surface area contributed by atoms with E-state index in [2.05, 4.69) is 29.2 Å². The Balaban J connectivity index is 0. The molecule has 15 heavy (non-hydrogen) atoms. The van der Waals surface area contributed by atoms with Gasteiger partial charge in [0.15, 0.2) is 5.96 Å². The third kappa shape index (κ3) is 8.92. The third-order valence-electron chi connectivity index (χ3n) is 2.01. The number of unbranched alkanes of at least 4 members (excludes halogenated alkanes) is 1. The van der Waals surface area contributed by atoms with Gasteiger partial charge in [-0.2, -0.15) is 0 Å². The maximum absolute atomic E-state index is 4.96. The van der Waals surface area contributed by atoms with Crippen LogP contribution < -0.4 is 5.32 Å². The average Bonchev–Trinajstić information content (AvgIpc) is 2.21. The van der Waals surface area contributed by atoms with Crippen LogP contribution >= 0.6 is 24.0 Å². The normalized spacial score (nSPS) is 10.8. The smallest absolute Gasteiger partial charge is 0.193 e. The minimum atomic E-state index is 0. The van der Waals surface area contributed by atoms with E-state index in [1.54, 1.807) is 14.2 Å². The maximum Gasteiger partial charge on any atom is 0.193 e. The van der Waals surface area contributed by atoms with E-state index in [1.165, 1.54) is 12.8 Å². The first-order valence-electron chi connectivity index (χ1n) is 5.17. The zero-order valence-corrected chi connectivity index (χ0v) is 12.6. The lowest BCUT2D eigenvalue weighted by Gasteiger charge is -2.21. The van der Waals surface area contributed by atoms with Gasteiger partial charge in [-0.25, -0.2) is 0 Å². The van der Waals surface area contributed by atoms with Crippen LogP contribution in [0.1, 0.15) is 19.8 Å². The van der Waals surface area contributed by atoms with Crippen LogP contribution in [0.5, 0.6) is 0 Å². The second-order valence-electron chi connectivity index (χ2n) is 3.24. The highest BCUT2D eigenvalue weighted by Crippen LogP contribution is 1.92. The molecule has 0 atom stereocenters. The molecule has 0 aliphatic heterocycles. The molecule has 0 radical (unpaired) electrons. The molecule has 0 bridgehead atoms. The van der Waals surface area contributed by atoms with Crippen molar-refractivity contribution in [1.82, 2.24) is 10.2 Å². The molecule has 0 amide bonds. The first-order valence-corrected chi connectivity index (χ1v) is 5.17. The maximum atomic E-state index is 4.96. The Kier molecular flexibility index (Phi) is 13.9. The van der Waals surface area contributed by atoms with Crippen LogP contribution in [0.4, 0.5) is 0 Å². The molecule has 0 aliphatic rings. The van der Waals surface area contributed by atoms with E-state index >= 15 is 0 Å². The van der Waals surface area contributed by atoms with Crippen molar-refractivity contribution in [2.45, 2.75) is 19.8 Å². The Hall–Kier alpha value is -0.0400. The molecular formula is C10H24IN3O. The van der Waals surface area contributed by atoms with Crippen LogP contribution in [0.2, 0.25) is 0 Å². The molecule has 5 heteroatoms. The fourth-order valence-electron chi connectivity index (χ4n) is 1.15. The highest BCUT2D eigenvalue weighted by molar-refractivity contribution is 14.0. The van der Waals surface area contributed by atoms with Crippen molar-refractivity contribution in [3.05, 3.63) is 0 Å². The standard InChI is InChI=1S/C10H23N3O.HI/c1-5-6-8-13(3)10(11-2)12-7-9-14-4;/h5-9H2,1-4H3,(H,11,12);1H. The summed E-state index contributed by atoms with van der Waals surface area (Å²) in [6.45, 7) is 4.75. The molecule has 0 aromatic heterocycles. The van der Waals surface area contributed by atoms with Crippen molar-refractivity contribution in [3.63, 3.8) is 0 Å². The number of rotatable bonds is 6. The monoisotopic (exact) mass is 329 g/mol. The highest BCUT2D eigenvalue weighted by atomic mass is 127. The lowest BCUT2D eigenvalue weighted by Crippen LogP contribution is -2.40.